The number of anilines is 1. The summed E-state index contributed by atoms with van der Waals surface area (Å²) in [4.78, 5) is 4.12. The molecule has 0 aliphatic heterocycles. The van der Waals surface area contributed by atoms with Gasteiger partial charge in [0.1, 0.15) is 5.82 Å². The number of hydrazine groups is 1. The zero-order valence-corrected chi connectivity index (χ0v) is 10.3. The molecule has 4 nitrogen and oxygen atoms in total. The van der Waals surface area contributed by atoms with E-state index in [4.69, 9.17) is 11.6 Å². The Morgan fingerprint density at radius 2 is 2.06 bits per heavy atom. The molecule has 1 atom stereocenters. The van der Waals surface area contributed by atoms with Crippen LogP contribution in [0.2, 0.25) is 0 Å². The molecule has 0 aromatic carbocycles. The summed E-state index contributed by atoms with van der Waals surface area (Å²) in [5, 5.41) is 0. The van der Waals surface area contributed by atoms with Gasteiger partial charge in [0, 0.05) is 17.8 Å². The smallest absolute Gasteiger partial charge is 0.128 e. The normalized spacial score (nSPS) is 13.1. The summed E-state index contributed by atoms with van der Waals surface area (Å²) in [5.74, 6) is 6.83. The third-order valence-corrected chi connectivity index (χ3v) is 2.82. The molecule has 90 valence electrons. The summed E-state index contributed by atoms with van der Waals surface area (Å²) < 4.78 is 0. The molecule has 0 radical (unpaired) electrons. The van der Waals surface area contributed by atoms with Crippen molar-refractivity contribution >= 4 is 5.82 Å². The fraction of sp³-hybridized carbons (Fsp3) is 0.583. The highest BCUT2D eigenvalue weighted by molar-refractivity contribution is 5.45. The molecule has 0 amide bonds. The maximum atomic E-state index is 5.90. The van der Waals surface area contributed by atoms with E-state index in [9.17, 15) is 0 Å². The van der Waals surface area contributed by atoms with E-state index in [1.165, 1.54) is 0 Å². The third kappa shape index (κ3) is 3.18. The fourth-order valence-electron chi connectivity index (χ4n) is 1.86. The van der Waals surface area contributed by atoms with Crippen LogP contribution in [-0.2, 0) is 0 Å². The lowest BCUT2D eigenvalue weighted by Crippen LogP contribution is -2.29. The number of rotatable bonds is 5. The molecule has 1 heterocycles. The first kappa shape index (κ1) is 12.9. The lowest BCUT2D eigenvalue weighted by molar-refractivity contribution is 0.447. The number of nitrogens with one attached hydrogen (secondary N) is 1. The van der Waals surface area contributed by atoms with E-state index in [1.54, 1.807) is 6.20 Å². The molecule has 0 aliphatic carbocycles. The molecule has 0 saturated carbocycles. The zero-order valence-electron chi connectivity index (χ0n) is 10.3. The molecule has 0 spiro atoms. The van der Waals surface area contributed by atoms with Crippen LogP contribution >= 0.6 is 0 Å². The van der Waals surface area contributed by atoms with Gasteiger partial charge in [0.05, 0.1) is 0 Å². The van der Waals surface area contributed by atoms with Crippen LogP contribution in [0, 0.1) is 12.8 Å². The number of nitrogens with zero attached hydrogens (tertiary/aromatic N) is 1. The molecule has 0 fully saturated rings. The van der Waals surface area contributed by atoms with E-state index in [-0.39, 0.29) is 6.04 Å². The maximum Gasteiger partial charge on any atom is 0.128 e. The van der Waals surface area contributed by atoms with E-state index in [1.807, 2.05) is 13.0 Å². The zero-order chi connectivity index (χ0) is 12.1. The van der Waals surface area contributed by atoms with Crippen molar-refractivity contribution in [1.29, 1.82) is 0 Å². The molecule has 0 saturated heterocycles. The van der Waals surface area contributed by atoms with Crippen LogP contribution < -0.4 is 17.0 Å². The standard InChI is InChI=1S/C12H22N4/c1-8(2)4-5-10(16-14)11-9(3)6-7-15-12(11)13/h6-8,10,16H,4-5,14H2,1-3H3,(H2,13,15). The molecule has 4 heteroatoms. The second-order valence-electron chi connectivity index (χ2n) is 4.62. The molecular formula is C12H22N4. The highest BCUT2D eigenvalue weighted by Crippen LogP contribution is 2.26. The Bertz CT molecular complexity index is 316. The van der Waals surface area contributed by atoms with Gasteiger partial charge in [-0.3, -0.25) is 11.3 Å². The highest BCUT2D eigenvalue weighted by atomic mass is 15.2. The summed E-state index contributed by atoms with van der Waals surface area (Å²) in [6.45, 7) is 6.44. The van der Waals surface area contributed by atoms with Crippen molar-refractivity contribution in [3.05, 3.63) is 23.4 Å². The SMILES string of the molecule is Cc1ccnc(N)c1C(CCC(C)C)NN. The molecule has 0 aliphatic rings. The van der Waals surface area contributed by atoms with Gasteiger partial charge >= 0.3 is 0 Å². The monoisotopic (exact) mass is 222 g/mol. The minimum atomic E-state index is 0.0936. The Morgan fingerprint density at radius 3 is 2.56 bits per heavy atom. The molecule has 1 aromatic heterocycles. The van der Waals surface area contributed by atoms with Crippen LogP contribution in [-0.4, -0.2) is 4.98 Å². The summed E-state index contributed by atoms with van der Waals surface area (Å²) in [6.07, 6.45) is 3.82. The third-order valence-electron chi connectivity index (χ3n) is 2.82. The molecule has 1 rings (SSSR count). The fourth-order valence-corrected chi connectivity index (χ4v) is 1.86. The van der Waals surface area contributed by atoms with Crippen LogP contribution in [0.4, 0.5) is 5.82 Å². The van der Waals surface area contributed by atoms with Crippen LogP contribution in [0.15, 0.2) is 12.3 Å². The second kappa shape index (κ2) is 5.82. The number of nitrogens with two attached hydrogens (primary N) is 2. The lowest BCUT2D eigenvalue weighted by Gasteiger charge is -2.20. The number of aryl methyl sites for hydroxylation is 1. The topological polar surface area (TPSA) is 77.0 Å². The van der Waals surface area contributed by atoms with Crippen LogP contribution in [0.1, 0.15) is 43.9 Å². The summed E-state index contributed by atoms with van der Waals surface area (Å²) in [5.41, 5.74) is 10.9. The van der Waals surface area contributed by atoms with Gasteiger partial charge in [-0.15, -0.1) is 0 Å². The quantitative estimate of drug-likeness (QED) is 0.525. The summed E-state index contributed by atoms with van der Waals surface area (Å²) >= 11 is 0. The van der Waals surface area contributed by atoms with Gasteiger partial charge in [-0.05, 0) is 37.3 Å². The highest BCUT2D eigenvalue weighted by Gasteiger charge is 2.16. The van der Waals surface area contributed by atoms with Gasteiger partial charge in [-0.2, -0.15) is 0 Å². The van der Waals surface area contributed by atoms with Crippen molar-refractivity contribution < 1.29 is 0 Å². The van der Waals surface area contributed by atoms with E-state index < -0.39 is 0 Å². The van der Waals surface area contributed by atoms with Crippen LogP contribution in [0.25, 0.3) is 0 Å². The second-order valence-corrected chi connectivity index (χ2v) is 4.62. The largest absolute Gasteiger partial charge is 0.383 e. The number of hydrogen-bond donors (Lipinski definition) is 3. The minimum absolute atomic E-state index is 0.0936. The van der Waals surface area contributed by atoms with Crippen molar-refractivity contribution in [2.75, 3.05) is 5.73 Å². The average Bonchev–Trinajstić information content (AvgIpc) is 2.22. The van der Waals surface area contributed by atoms with E-state index in [2.05, 4.69) is 24.3 Å². The van der Waals surface area contributed by atoms with Gasteiger partial charge in [0.15, 0.2) is 0 Å². The van der Waals surface area contributed by atoms with Crippen LogP contribution in [0.5, 0.6) is 0 Å². The Morgan fingerprint density at radius 1 is 1.38 bits per heavy atom. The molecular weight excluding hydrogens is 200 g/mol. The van der Waals surface area contributed by atoms with Crippen molar-refractivity contribution in [3.8, 4) is 0 Å². The number of nitrogen functional groups attached to an aromatic ring is 1. The Hall–Kier alpha value is -1.13. The Labute approximate surface area is 97.4 Å². The number of hydrogen-bond acceptors (Lipinski definition) is 4. The van der Waals surface area contributed by atoms with Gasteiger partial charge < -0.3 is 5.73 Å². The van der Waals surface area contributed by atoms with Gasteiger partial charge in [0.25, 0.3) is 0 Å². The number of aromatic nitrogens is 1. The predicted octanol–water partition coefficient (Wildman–Crippen LogP) is 1.91. The van der Waals surface area contributed by atoms with Crippen molar-refractivity contribution in [3.63, 3.8) is 0 Å². The average molecular weight is 222 g/mol. The molecule has 16 heavy (non-hydrogen) atoms. The van der Waals surface area contributed by atoms with Crippen molar-refractivity contribution in [2.45, 2.75) is 39.7 Å². The summed E-state index contributed by atoms with van der Waals surface area (Å²) in [7, 11) is 0. The first-order chi connectivity index (χ1) is 7.56. The van der Waals surface area contributed by atoms with Gasteiger partial charge in [-0.1, -0.05) is 13.8 Å². The van der Waals surface area contributed by atoms with Crippen molar-refractivity contribution in [2.24, 2.45) is 11.8 Å². The minimum Gasteiger partial charge on any atom is -0.383 e. The summed E-state index contributed by atoms with van der Waals surface area (Å²) in [6, 6.07) is 2.06. The van der Waals surface area contributed by atoms with Crippen molar-refractivity contribution in [1.82, 2.24) is 10.4 Å². The van der Waals surface area contributed by atoms with E-state index >= 15 is 0 Å². The Kier molecular flexibility index (Phi) is 4.71. The molecule has 1 aromatic rings. The maximum absolute atomic E-state index is 5.90. The predicted molar refractivity (Wildman–Crippen MR) is 67.5 cm³/mol. The van der Waals surface area contributed by atoms with Crippen LogP contribution in [0.3, 0.4) is 0 Å². The van der Waals surface area contributed by atoms with Gasteiger partial charge in [0.2, 0.25) is 0 Å². The molecule has 5 N–H and O–H groups in total. The molecule has 0 bridgehead atoms. The Balaban J connectivity index is 2.86. The first-order valence-corrected chi connectivity index (χ1v) is 5.73. The number of pyridine rings is 1. The van der Waals surface area contributed by atoms with E-state index in [0.717, 1.165) is 24.0 Å². The lowest BCUT2D eigenvalue weighted by atomic mass is 9.96. The molecule has 1 unspecified atom stereocenters. The van der Waals surface area contributed by atoms with E-state index in [0.29, 0.717) is 11.7 Å². The van der Waals surface area contributed by atoms with Gasteiger partial charge in [-0.25, -0.2) is 4.98 Å². The first-order valence-electron chi connectivity index (χ1n) is 5.73.